The first-order valence-corrected chi connectivity index (χ1v) is 6.07. The molecule has 1 atom stereocenters. The van der Waals surface area contributed by atoms with Gasteiger partial charge in [0.1, 0.15) is 5.82 Å². The first-order chi connectivity index (χ1) is 8.24. The SMILES string of the molecule is Cn1ccnc1Cc1ccc2c(c1)CCC2N. The van der Waals surface area contributed by atoms with Gasteiger partial charge in [0.05, 0.1) is 0 Å². The first-order valence-electron chi connectivity index (χ1n) is 6.07. The molecular formula is C14H17N3. The van der Waals surface area contributed by atoms with Gasteiger partial charge in [0.25, 0.3) is 0 Å². The van der Waals surface area contributed by atoms with E-state index in [2.05, 4.69) is 27.8 Å². The molecule has 0 amide bonds. The van der Waals surface area contributed by atoms with E-state index in [0.717, 1.165) is 25.1 Å². The van der Waals surface area contributed by atoms with Crippen LogP contribution >= 0.6 is 0 Å². The Hall–Kier alpha value is -1.61. The molecule has 1 aliphatic carbocycles. The second-order valence-electron chi connectivity index (χ2n) is 4.81. The molecule has 0 saturated carbocycles. The van der Waals surface area contributed by atoms with Gasteiger partial charge in [0.15, 0.2) is 0 Å². The molecule has 1 aromatic carbocycles. The van der Waals surface area contributed by atoms with Crippen LogP contribution in [-0.4, -0.2) is 9.55 Å². The van der Waals surface area contributed by atoms with Gasteiger partial charge in [-0.3, -0.25) is 0 Å². The van der Waals surface area contributed by atoms with E-state index in [4.69, 9.17) is 5.73 Å². The van der Waals surface area contributed by atoms with Gasteiger partial charge in [-0.05, 0) is 29.5 Å². The first kappa shape index (κ1) is 10.5. The molecule has 0 spiro atoms. The predicted molar refractivity (Wildman–Crippen MR) is 67.7 cm³/mol. The molecule has 0 aliphatic heterocycles. The second kappa shape index (κ2) is 4.00. The summed E-state index contributed by atoms with van der Waals surface area (Å²) in [6.07, 6.45) is 6.93. The van der Waals surface area contributed by atoms with Crippen molar-refractivity contribution in [2.24, 2.45) is 12.8 Å². The molecule has 88 valence electrons. The van der Waals surface area contributed by atoms with Crippen LogP contribution in [0.3, 0.4) is 0 Å². The van der Waals surface area contributed by atoms with Gasteiger partial charge in [0, 0.05) is 31.9 Å². The van der Waals surface area contributed by atoms with Crippen LogP contribution in [0.4, 0.5) is 0 Å². The van der Waals surface area contributed by atoms with Gasteiger partial charge in [-0.15, -0.1) is 0 Å². The molecule has 3 heteroatoms. The molecule has 1 aliphatic rings. The van der Waals surface area contributed by atoms with Crippen LogP contribution in [0, 0.1) is 0 Å². The van der Waals surface area contributed by atoms with E-state index in [9.17, 15) is 0 Å². The third-order valence-corrected chi connectivity index (χ3v) is 3.61. The molecule has 1 heterocycles. The van der Waals surface area contributed by atoms with Crippen molar-refractivity contribution < 1.29 is 0 Å². The average molecular weight is 227 g/mol. The number of rotatable bonds is 2. The number of hydrogen-bond acceptors (Lipinski definition) is 2. The number of nitrogens with two attached hydrogens (primary N) is 1. The van der Waals surface area contributed by atoms with Crippen LogP contribution in [-0.2, 0) is 19.9 Å². The fourth-order valence-electron chi connectivity index (χ4n) is 2.56. The van der Waals surface area contributed by atoms with Crippen molar-refractivity contribution in [1.29, 1.82) is 0 Å². The van der Waals surface area contributed by atoms with Crippen LogP contribution in [0.15, 0.2) is 30.6 Å². The number of imidazole rings is 1. The van der Waals surface area contributed by atoms with Crippen molar-refractivity contribution in [1.82, 2.24) is 9.55 Å². The zero-order valence-electron chi connectivity index (χ0n) is 10.1. The fraction of sp³-hybridized carbons (Fsp3) is 0.357. The molecule has 1 unspecified atom stereocenters. The highest BCUT2D eigenvalue weighted by Gasteiger charge is 2.18. The van der Waals surface area contributed by atoms with Crippen LogP contribution in [0.25, 0.3) is 0 Å². The summed E-state index contributed by atoms with van der Waals surface area (Å²) in [4.78, 5) is 4.36. The summed E-state index contributed by atoms with van der Waals surface area (Å²) in [5.74, 6) is 1.10. The molecular weight excluding hydrogens is 210 g/mol. The van der Waals surface area contributed by atoms with Crippen molar-refractivity contribution in [3.63, 3.8) is 0 Å². The van der Waals surface area contributed by atoms with Crippen LogP contribution in [0.5, 0.6) is 0 Å². The van der Waals surface area contributed by atoms with Gasteiger partial charge in [-0.25, -0.2) is 4.98 Å². The van der Waals surface area contributed by atoms with Crippen molar-refractivity contribution in [3.8, 4) is 0 Å². The third kappa shape index (κ3) is 1.87. The summed E-state index contributed by atoms with van der Waals surface area (Å²) in [5, 5.41) is 0. The standard InChI is InChI=1S/C14H17N3/c1-17-7-6-16-14(17)9-10-2-4-12-11(8-10)3-5-13(12)15/h2,4,6-8,13H,3,5,9,15H2,1H3. The Labute approximate surface area is 101 Å². The van der Waals surface area contributed by atoms with Crippen molar-refractivity contribution >= 4 is 0 Å². The molecule has 0 saturated heterocycles. The van der Waals surface area contributed by atoms with E-state index in [1.165, 1.54) is 16.7 Å². The number of nitrogens with zero attached hydrogens (tertiary/aromatic N) is 2. The Balaban J connectivity index is 1.88. The van der Waals surface area contributed by atoms with E-state index in [1.807, 2.05) is 19.4 Å². The van der Waals surface area contributed by atoms with E-state index in [1.54, 1.807) is 0 Å². The maximum absolute atomic E-state index is 6.04. The Morgan fingerprint density at radius 2 is 2.35 bits per heavy atom. The smallest absolute Gasteiger partial charge is 0.112 e. The monoisotopic (exact) mass is 227 g/mol. The Morgan fingerprint density at radius 1 is 1.47 bits per heavy atom. The quantitative estimate of drug-likeness (QED) is 0.852. The number of aryl methyl sites for hydroxylation is 2. The van der Waals surface area contributed by atoms with Crippen molar-refractivity contribution in [3.05, 3.63) is 53.1 Å². The lowest BCUT2D eigenvalue weighted by Gasteiger charge is -2.07. The summed E-state index contributed by atoms with van der Waals surface area (Å²) >= 11 is 0. The summed E-state index contributed by atoms with van der Waals surface area (Å²) in [5.41, 5.74) is 10.1. The van der Waals surface area contributed by atoms with Gasteiger partial charge < -0.3 is 10.3 Å². The van der Waals surface area contributed by atoms with E-state index < -0.39 is 0 Å². The minimum absolute atomic E-state index is 0.243. The number of fused-ring (bicyclic) bond motifs is 1. The Kier molecular flexibility index (Phi) is 2.48. The average Bonchev–Trinajstić information content (AvgIpc) is 2.87. The largest absolute Gasteiger partial charge is 0.338 e. The van der Waals surface area contributed by atoms with Crippen LogP contribution < -0.4 is 5.73 Å². The molecule has 17 heavy (non-hydrogen) atoms. The number of benzene rings is 1. The van der Waals surface area contributed by atoms with Gasteiger partial charge in [0.2, 0.25) is 0 Å². The van der Waals surface area contributed by atoms with Crippen LogP contribution in [0.1, 0.15) is 35.0 Å². The molecule has 2 N–H and O–H groups in total. The minimum atomic E-state index is 0.243. The lowest BCUT2D eigenvalue weighted by atomic mass is 10.0. The maximum Gasteiger partial charge on any atom is 0.112 e. The molecule has 0 fully saturated rings. The lowest BCUT2D eigenvalue weighted by molar-refractivity contribution is 0.713. The molecule has 0 radical (unpaired) electrons. The maximum atomic E-state index is 6.04. The molecule has 3 rings (SSSR count). The number of hydrogen-bond donors (Lipinski definition) is 1. The van der Waals surface area contributed by atoms with E-state index in [0.29, 0.717) is 0 Å². The normalized spacial score (nSPS) is 18.4. The van der Waals surface area contributed by atoms with E-state index >= 15 is 0 Å². The Bertz CT molecular complexity index is 542. The topological polar surface area (TPSA) is 43.8 Å². The fourth-order valence-corrected chi connectivity index (χ4v) is 2.56. The van der Waals surface area contributed by atoms with Gasteiger partial charge in [-0.2, -0.15) is 0 Å². The highest BCUT2D eigenvalue weighted by Crippen LogP contribution is 2.30. The van der Waals surface area contributed by atoms with Crippen molar-refractivity contribution in [2.75, 3.05) is 0 Å². The highest BCUT2D eigenvalue weighted by atomic mass is 15.0. The lowest BCUT2D eigenvalue weighted by Crippen LogP contribution is -2.05. The second-order valence-corrected chi connectivity index (χ2v) is 4.81. The third-order valence-electron chi connectivity index (χ3n) is 3.61. The summed E-state index contributed by atoms with van der Waals surface area (Å²) in [7, 11) is 2.03. The molecule has 1 aromatic heterocycles. The molecule has 2 aromatic rings. The zero-order valence-corrected chi connectivity index (χ0v) is 10.1. The highest BCUT2D eigenvalue weighted by molar-refractivity contribution is 5.38. The Morgan fingerprint density at radius 3 is 3.12 bits per heavy atom. The predicted octanol–water partition coefficient (Wildman–Crippen LogP) is 1.96. The zero-order chi connectivity index (χ0) is 11.8. The van der Waals surface area contributed by atoms with Gasteiger partial charge >= 0.3 is 0 Å². The summed E-state index contributed by atoms with van der Waals surface area (Å²) in [6.45, 7) is 0. The summed E-state index contributed by atoms with van der Waals surface area (Å²) in [6, 6.07) is 6.90. The van der Waals surface area contributed by atoms with Crippen LogP contribution in [0.2, 0.25) is 0 Å². The molecule has 3 nitrogen and oxygen atoms in total. The van der Waals surface area contributed by atoms with Crippen molar-refractivity contribution in [2.45, 2.75) is 25.3 Å². The minimum Gasteiger partial charge on any atom is -0.338 e. The molecule has 0 bridgehead atoms. The summed E-state index contributed by atoms with van der Waals surface area (Å²) < 4.78 is 2.07. The number of aromatic nitrogens is 2. The van der Waals surface area contributed by atoms with Gasteiger partial charge in [-0.1, -0.05) is 18.2 Å². The van der Waals surface area contributed by atoms with E-state index in [-0.39, 0.29) is 6.04 Å².